The lowest BCUT2D eigenvalue weighted by molar-refractivity contribution is 0.0786. The van der Waals surface area contributed by atoms with Crippen LogP contribution in [0.5, 0.6) is 0 Å². The summed E-state index contributed by atoms with van der Waals surface area (Å²) in [5.41, 5.74) is 0. The summed E-state index contributed by atoms with van der Waals surface area (Å²) in [6.07, 6.45) is 8.65. The first-order valence-corrected chi connectivity index (χ1v) is 8.65. The van der Waals surface area contributed by atoms with Crippen molar-refractivity contribution in [1.29, 1.82) is 0 Å². The van der Waals surface area contributed by atoms with Crippen LogP contribution in [0.1, 0.15) is 42.0 Å². The van der Waals surface area contributed by atoms with Crippen molar-refractivity contribution >= 4 is 5.91 Å². The van der Waals surface area contributed by atoms with E-state index in [9.17, 15) is 4.79 Å². The second kappa shape index (κ2) is 7.66. The maximum atomic E-state index is 12.0. The van der Waals surface area contributed by atoms with Crippen molar-refractivity contribution in [1.82, 2.24) is 19.6 Å². The molecule has 1 saturated heterocycles. The number of furan rings is 1. The number of likely N-dealkylation sites (tertiary alicyclic amines) is 1. The van der Waals surface area contributed by atoms with Gasteiger partial charge < -0.3 is 9.32 Å². The van der Waals surface area contributed by atoms with Gasteiger partial charge in [-0.3, -0.25) is 14.4 Å². The van der Waals surface area contributed by atoms with Gasteiger partial charge in [-0.2, -0.15) is 5.10 Å². The van der Waals surface area contributed by atoms with E-state index in [-0.39, 0.29) is 5.91 Å². The molecule has 0 aliphatic carbocycles. The molecule has 0 bridgehead atoms. The SMILES string of the molecule is CN(C)C(=O)c1ccc(CN2CCCC[C@@H]2CCn2cccn2)o1. The molecular formula is C18H26N4O2. The second-order valence-corrected chi connectivity index (χ2v) is 6.64. The highest BCUT2D eigenvalue weighted by Crippen LogP contribution is 2.23. The standard InChI is InChI=1S/C18H26N4O2/c1-20(2)18(23)17-8-7-16(24-17)14-21-11-4-3-6-15(21)9-13-22-12-5-10-19-22/h5,7-8,10,12,15H,3-4,6,9,11,13-14H2,1-2H3/t15-/m1/s1. The van der Waals surface area contributed by atoms with Gasteiger partial charge in [-0.1, -0.05) is 6.42 Å². The van der Waals surface area contributed by atoms with Crippen LogP contribution in [-0.2, 0) is 13.1 Å². The minimum Gasteiger partial charge on any atom is -0.455 e. The predicted molar refractivity (Wildman–Crippen MR) is 91.6 cm³/mol. The van der Waals surface area contributed by atoms with Gasteiger partial charge in [-0.05, 0) is 44.0 Å². The molecule has 0 spiro atoms. The molecule has 3 heterocycles. The minimum absolute atomic E-state index is 0.0878. The summed E-state index contributed by atoms with van der Waals surface area (Å²) in [4.78, 5) is 16.0. The number of carbonyl (C=O) groups is 1. The Labute approximate surface area is 143 Å². The smallest absolute Gasteiger partial charge is 0.289 e. The van der Waals surface area contributed by atoms with Crippen LogP contribution in [0.25, 0.3) is 0 Å². The molecule has 0 N–H and O–H groups in total. The fraction of sp³-hybridized carbons (Fsp3) is 0.556. The summed E-state index contributed by atoms with van der Waals surface area (Å²) in [7, 11) is 3.47. The van der Waals surface area contributed by atoms with Gasteiger partial charge in [-0.25, -0.2) is 0 Å². The molecule has 3 rings (SSSR count). The van der Waals surface area contributed by atoms with Gasteiger partial charge in [0.15, 0.2) is 5.76 Å². The summed E-state index contributed by atoms with van der Waals surface area (Å²) in [6.45, 7) is 2.79. The van der Waals surface area contributed by atoms with Crippen molar-refractivity contribution in [3.63, 3.8) is 0 Å². The lowest BCUT2D eigenvalue weighted by Gasteiger charge is -2.35. The number of aryl methyl sites for hydroxylation is 1. The predicted octanol–water partition coefficient (Wildman–Crippen LogP) is 2.62. The van der Waals surface area contributed by atoms with E-state index in [0.29, 0.717) is 11.8 Å². The number of piperidine rings is 1. The van der Waals surface area contributed by atoms with Crippen molar-refractivity contribution in [2.45, 2.75) is 44.8 Å². The molecule has 1 fully saturated rings. The first-order valence-electron chi connectivity index (χ1n) is 8.65. The van der Waals surface area contributed by atoms with Crippen molar-refractivity contribution in [2.75, 3.05) is 20.6 Å². The van der Waals surface area contributed by atoms with Crippen LogP contribution in [0.4, 0.5) is 0 Å². The third-order valence-corrected chi connectivity index (χ3v) is 4.64. The summed E-state index contributed by atoms with van der Waals surface area (Å²) >= 11 is 0. The van der Waals surface area contributed by atoms with E-state index in [4.69, 9.17) is 4.42 Å². The lowest BCUT2D eigenvalue weighted by Crippen LogP contribution is -2.39. The number of aromatic nitrogens is 2. The Morgan fingerprint density at radius 3 is 3.00 bits per heavy atom. The molecule has 6 nitrogen and oxygen atoms in total. The average molecular weight is 330 g/mol. The number of nitrogens with zero attached hydrogens (tertiary/aromatic N) is 4. The molecule has 2 aromatic rings. The number of hydrogen-bond acceptors (Lipinski definition) is 4. The van der Waals surface area contributed by atoms with E-state index < -0.39 is 0 Å². The quantitative estimate of drug-likeness (QED) is 0.817. The Hall–Kier alpha value is -2.08. The molecule has 6 heteroatoms. The fourth-order valence-electron chi connectivity index (χ4n) is 3.31. The van der Waals surface area contributed by atoms with E-state index in [2.05, 4.69) is 10.00 Å². The summed E-state index contributed by atoms with van der Waals surface area (Å²) in [6, 6.07) is 6.21. The van der Waals surface area contributed by atoms with Crippen molar-refractivity contribution < 1.29 is 9.21 Å². The van der Waals surface area contributed by atoms with Gasteiger partial charge in [0.2, 0.25) is 0 Å². The van der Waals surface area contributed by atoms with Crippen LogP contribution in [0.3, 0.4) is 0 Å². The first kappa shape index (κ1) is 16.8. The largest absolute Gasteiger partial charge is 0.455 e. The third kappa shape index (κ3) is 4.06. The number of amides is 1. The van der Waals surface area contributed by atoms with E-state index in [1.165, 1.54) is 24.2 Å². The molecule has 0 aromatic carbocycles. The highest BCUT2D eigenvalue weighted by atomic mass is 16.4. The maximum absolute atomic E-state index is 12.0. The van der Waals surface area contributed by atoms with E-state index >= 15 is 0 Å². The van der Waals surface area contributed by atoms with Crippen LogP contribution in [0.2, 0.25) is 0 Å². The van der Waals surface area contributed by atoms with Gasteiger partial charge in [0.05, 0.1) is 6.54 Å². The molecule has 130 valence electrons. The Morgan fingerprint density at radius 2 is 2.25 bits per heavy atom. The minimum atomic E-state index is -0.0878. The zero-order valence-corrected chi connectivity index (χ0v) is 14.5. The molecule has 1 aliphatic rings. The van der Waals surface area contributed by atoms with Gasteiger partial charge >= 0.3 is 0 Å². The van der Waals surface area contributed by atoms with Crippen LogP contribution in [-0.4, -0.2) is 52.2 Å². The number of carbonyl (C=O) groups excluding carboxylic acids is 1. The zero-order chi connectivity index (χ0) is 16.9. The monoisotopic (exact) mass is 330 g/mol. The van der Waals surface area contributed by atoms with Gasteiger partial charge in [0.1, 0.15) is 5.76 Å². The number of hydrogen-bond donors (Lipinski definition) is 0. The van der Waals surface area contributed by atoms with Crippen LogP contribution < -0.4 is 0 Å². The van der Waals surface area contributed by atoms with Gasteiger partial charge in [-0.15, -0.1) is 0 Å². The normalized spacial score (nSPS) is 18.7. The molecule has 1 amide bonds. The third-order valence-electron chi connectivity index (χ3n) is 4.64. The Morgan fingerprint density at radius 1 is 1.38 bits per heavy atom. The first-order chi connectivity index (χ1) is 11.6. The zero-order valence-electron chi connectivity index (χ0n) is 14.5. The molecule has 1 atom stereocenters. The van der Waals surface area contributed by atoms with E-state index in [0.717, 1.165) is 31.8 Å². The average Bonchev–Trinajstić information content (AvgIpc) is 3.25. The highest BCUT2D eigenvalue weighted by molar-refractivity contribution is 5.91. The summed E-state index contributed by atoms with van der Waals surface area (Å²) < 4.78 is 7.75. The van der Waals surface area contributed by atoms with Crippen LogP contribution in [0, 0.1) is 0 Å². The van der Waals surface area contributed by atoms with Crippen molar-refractivity contribution in [3.05, 3.63) is 42.1 Å². The fourth-order valence-corrected chi connectivity index (χ4v) is 3.31. The topological polar surface area (TPSA) is 54.5 Å². The lowest BCUT2D eigenvalue weighted by atomic mass is 9.99. The van der Waals surface area contributed by atoms with Crippen molar-refractivity contribution in [2.24, 2.45) is 0 Å². The number of rotatable bonds is 6. The molecule has 2 aromatic heterocycles. The van der Waals surface area contributed by atoms with E-state index in [1.807, 2.05) is 29.2 Å². The maximum Gasteiger partial charge on any atom is 0.289 e. The molecule has 0 saturated carbocycles. The highest BCUT2D eigenvalue weighted by Gasteiger charge is 2.24. The molecular weight excluding hydrogens is 304 g/mol. The molecule has 1 aliphatic heterocycles. The van der Waals surface area contributed by atoms with Crippen LogP contribution in [0.15, 0.2) is 35.0 Å². The Balaban J connectivity index is 1.60. The van der Waals surface area contributed by atoms with Crippen LogP contribution >= 0.6 is 0 Å². The van der Waals surface area contributed by atoms with Crippen molar-refractivity contribution in [3.8, 4) is 0 Å². The summed E-state index contributed by atoms with van der Waals surface area (Å²) in [5.74, 6) is 1.20. The molecule has 0 radical (unpaired) electrons. The van der Waals surface area contributed by atoms with Gasteiger partial charge in [0.25, 0.3) is 5.91 Å². The Bertz CT molecular complexity index is 648. The van der Waals surface area contributed by atoms with E-state index in [1.54, 1.807) is 20.2 Å². The van der Waals surface area contributed by atoms with Gasteiger partial charge in [0, 0.05) is 39.1 Å². The molecule has 0 unspecified atom stereocenters. The Kier molecular flexibility index (Phi) is 5.35. The molecule has 24 heavy (non-hydrogen) atoms. The second-order valence-electron chi connectivity index (χ2n) is 6.64. The summed E-state index contributed by atoms with van der Waals surface area (Å²) in [5, 5.41) is 4.29.